The topological polar surface area (TPSA) is 93.5 Å². The maximum absolute atomic E-state index is 12.8. The molecule has 3 aromatic carbocycles. The zero-order valence-corrected chi connectivity index (χ0v) is 16.8. The smallest absolute Gasteiger partial charge is 0.387 e. The number of alkyl halides is 2. The molecule has 0 aliphatic carbocycles. The number of halogens is 3. The van der Waals surface area contributed by atoms with E-state index in [1.807, 2.05) is 30.3 Å². The van der Waals surface area contributed by atoms with Crippen LogP contribution < -0.4 is 21.1 Å². The van der Waals surface area contributed by atoms with Gasteiger partial charge in [0, 0.05) is 23.4 Å². The standard InChI is InChI=1S/C22H18ClF2N3O3/c23-18-12-16(6-8-17(18)20(26)29)28-22(30)27-15-7-9-19(31-21(24)25)14(11-15)10-13-4-2-1-3-5-13/h1-9,11-12,21H,10H2,(H2,26,29)(H2,27,28,30). The van der Waals surface area contributed by atoms with E-state index in [0.717, 1.165) is 5.56 Å². The molecule has 0 aromatic heterocycles. The number of benzene rings is 3. The van der Waals surface area contributed by atoms with Crippen molar-refractivity contribution in [1.29, 1.82) is 0 Å². The molecule has 0 saturated heterocycles. The molecule has 0 heterocycles. The summed E-state index contributed by atoms with van der Waals surface area (Å²) in [5.74, 6) is -0.656. The molecule has 0 atom stereocenters. The number of nitrogens with one attached hydrogen (secondary N) is 2. The predicted molar refractivity (Wildman–Crippen MR) is 115 cm³/mol. The van der Waals surface area contributed by atoms with Crippen LogP contribution in [0.2, 0.25) is 5.02 Å². The van der Waals surface area contributed by atoms with E-state index < -0.39 is 18.5 Å². The molecule has 0 aliphatic heterocycles. The van der Waals surface area contributed by atoms with Crippen molar-refractivity contribution in [1.82, 2.24) is 0 Å². The summed E-state index contributed by atoms with van der Waals surface area (Å²) >= 11 is 5.98. The Morgan fingerprint density at radius 2 is 1.61 bits per heavy atom. The molecule has 0 radical (unpaired) electrons. The van der Waals surface area contributed by atoms with Crippen LogP contribution in [0.4, 0.5) is 25.0 Å². The van der Waals surface area contributed by atoms with Crippen LogP contribution in [-0.2, 0) is 6.42 Å². The number of hydrogen-bond acceptors (Lipinski definition) is 3. The largest absolute Gasteiger partial charge is 0.435 e. The Morgan fingerprint density at radius 3 is 2.23 bits per heavy atom. The van der Waals surface area contributed by atoms with E-state index in [-0.39, 0.29) is 16.3 Å². The lowest BCUT2D eigenvalue weighted by Gasteiger charge is -2.14. The quantitative estimate of drug-likeness (QED) is 0.462. The lowest BCUT2D eigenvalue weighted by atomic mass is 10.0. The van der Waals surface area contributed by atoms with Crippen molar-refractivity contribution in [2.24, 2.45) is 5.73 Å². The summed E-state index contributed by atoms with van der Waals surface area (Å²) in [7, 11) is 0. The van der Waals surface area contributed by atoms with E-state index >= 15 is 0 Å². The van der Waals surface area contributed by atoms with Gasteiger partial charge < -0.3 is 21.1 Å². The van der Waals surface area contributed by atoms with Crippen LogP contribution in [0.25, 0.3) is 0 Å². The van der Waals surface area contributed by atoms with Crippen molar-refractivity contribution in [2.45, 2.75) is 13.0 Å². The zero-order valence-electron chi connectivity index (χ0n) is 16.1. The van der Waals surface area contributed by atoms with E-state index in [1.165, 1.54) is 30.3 Å². The molecular weight excluding hydrogens is 428 g/mol. The molecule has 9 heteroatoms. The molecule has 4 N–H and O–H groups in total. The number of urea groups is 1. The van der Waals surface area contributed by atoms with Crippen LogP contribution in [-0.4, -0.2) is 18.5 Å². The Bertz CT molecular complexity index is 1090. The molecule has 3 rings (SSSR count). The van der Waals surface area contributed by atoms with Crippen LogP contribution in [0.5, 0.6) is 5.75 Å². The molecule has 0 unspecified atom stereocenters. The third-order valence-electron chi connectivity index (χ3n) is 4.26. The molecule has 0 spiro atoms. The van der Waals surface area contributed by atoms with Crippen LogP contribution >= 0.6 is 11.6 Å². The summed E-state index contributed by atoms with van der Waals surface area (Å²) in [6.07, 6.45) is 0.338. The summed E-state index contributed by atoms with van der Waals surface area (Å²) in [6, 6.07) is 17.3. The minimum absolute atomic E-state index is 0.0265. The molecular formula is C22H18ClF2N3O3. The Hall–Kier alpha value is -3.65. The fourth-order valence-corrected chi connectivity index (χ4v) is 3.18. The molecule has 160 valence electrons. The molecule has 6 nitrogen and oxygen atoms in total. The first kappa shape index (κ1) is 22.0. The molecule has 3 aromatic rings. The zero-order chi connectivity index (χ0) is 22.4. The Balaban J connectivity index is 1.76. The number of anilines is 2. The van der Waals surface area contributed by atoms with E-state index in [1.54, 1.807) is 6.07 Å². The van der Waals surface area contributed by atoms with Crippen LogP contribution in [0, 0.1) is 0 Å². The third-order valence-corrected chi connectivity index (χ3v) is 4.58. The molecule has 0 aliphatic rings. The fourth-order valence-electron chi connectivity index (χ4n) is 2.91. The van der Waals surface area contributed by atoms with Gasteiger partial charge in [0.05, 0.1) is 10.6 Å². The predicted octanol–water partition coefficient (Wildman–Crippen LogP) is 5.28. The van der Waals surface area contributed by atoms with Crippen molar-refractivity contribution in [3.05, 3.63) is 88.4 Å². The molecule has 0 bridgehead atoms. The van der Waals surface area contributed by atoms with Gasteiger partial charge in [0.1, 0.15) is 5.75 Å². The van der Waals surface area contributed by atoms with Crippen LogP contribution in [0.15, 0.2) is 66.7 Å². The second-order valence-corrected chi connectivity index (χ2v) is 6.91. The molecule has 0 fully saturated rings. The second-order valence-electron chi connectivity index (χ2n) is 6.50. The average molecular weight is 446 g/mol. The van der Waals surface area contributed by atoms with Crippen LogP contribution in [0.3, 0.4) is 0 Å². The van der Waals surface area contributed by atoms with E-state index in [0.29, 0.717) is 23.4 Å². The van der Waals surface area contributed by atoms with Crippen molar-refractivity contribution < 1.29 is 23.1 Å². The highest BCUT2D eigenvalue weighted by Gasteiger charge is 2.13. The van der Waals surface area contributed by atoms with Crippen LogP contribution in [0.1, 0.15) is 21.5 Å². The van der Waals surface area contributed by atoms with Crippen molar-refractivity contribution in [3.8, 4) is 5.75 Å². The van der Waals surface area contributed by atoms with E-state index in [4.69, 9.17) is 17.3 Å². The number of hydrogen-bond donors (Lipinski definition) is 3. The maximum atomic E-state index is 12.8. The number of ether oxygens (including phenoxy) is 1. The lowest BCUT2D eigenvalue weighted by Crippen LogP contribution is -2.20. The van der Waals surface area contributed by atoms with Gasteiger partial charge in [-0.05, 0) is 42.0 Å². The summed E-state index contributed by atoms with van der Waals surface area (Å²) < 4.78 is 30.1. The fraction of sp³-hybridized carbons (Fsp3) is 0.0909. The van der Waals surface area contributed by atoms with E-state index in [2.05, 4.69) is 15.4 Å². The molecule has 3 amide bonds. The van der Waals surface area contributed by atoms with Gasteiger partial charge in [-0.15, -0.1) is 0 Å². The second kappa shape index (κ2) is 9.90. The number of primary amides is 1. The minimum Gasteiger partial charge on any atom is -0.435 e. The molecule has 0 saturated carbocycles. The number of nitrogens with two attached hydrogens (primary N) is 1. The van der Waals surface area contributed by atoms with Crippen molar-refractivity contribution >= 4 is 34.9 Å². The first-order valence-electron chi connectivity index (χ1n) is 9.11. The van der Waals surface area contributed by atoms with E-state index in [9.17, 15) is 18.4 Å². The highest BCUT2D eigenvalue weighted by molar-refractivity contribution is 6.34. The van der Waals surface area contributed by atoms with Gasteiger partial charge in [-0.3, -0.25) is 4.79 Å². The summed E-state index contributed by atoms with van der Waals surface area (Å²) in [5, 5.41) is 5.30. The summed E-state index contributed by atoms with van der Waals surface area (Å²) in [5.41, 5.74) is 7.43. The highest BCUT2D eigenvalue weighted by Crippen LogP contribution is 2.27. The first-order valence-corrected chi connectivity index (χ1v) is 9.48. The molecule has 31 heavy (non-hydrogen) atoms. The highest BCUT2D eigenvalue weighted by atomic mass is 35.5. The average Bonchev–Trinajstić information content (AvgIpc) is 2.70. The van der Waals surface area contributed by atoms with Gasteiger partial charge in [0.2, 0.25) is 5.91 Å². The van der Waals surface area contributed by atoms with Crippen molar-refractivity contribution in [3.63, 3.8) is 0 Å². The number of amides is 3. The van der Waals surface area contributed by atoms with Gasteiger partial charge >= 0.3 is 12.6 Å². The minimum atomic E-state index is -2.97. The number of carbonyl (C=O) groups is 2. The number of rotatable bonds is 7. The van der Waals surface area contributed by atoms with Gasteiger partial charge in [-0.25, -0.2) is 4.79 Å². The number of carbonyl (C=O) groups excluding carboxylic acids is 2. The lowest BCUT2D eigenvalue weighted by molar-refractivity contribution is -0.0503. The van der Waals surface area contributed by atoms with Crippen molar-refractivity contribution in [2.75, 3.05) is 10.6 Å². The first-order chi connectivity index (χ1) is 14.8. The van der Waals surface area contributed by atoms with Gasteiger partial charge in [0.15, 0.2) is 0 Å². The summed E-state index contributed by atoms with van der Waals surface area (Å²) in [6.45, 7) is -2.97. The Kier molecular flexibility index (Phi) is 7.04. The SMILES string of the molecule is NC(=O)c1ccc(NC(=O)Nc2ccc(OC(F)F)c(Cc3ccccc3)c2)cc1Cl. The Labute approximate surface area is 182 Å². The monoisotopic (exact) mass is 445 g/mol. The maximum Gasteiger partial charge on any atom is 0.387 e. The van der Waals surface area contributed by atoms with Gasteiger partial charge in [-0.2, -0.15) is 8.78 Å². The third kappa shape index (κ3) is 6.16. The Morgan fingerprint density at radius 1 is 0.968 bits per heavy atom. The summed E-state index contributed by atoms with van der Waals surface area (Å²) in [4.78, 5) is 23.6. The normalized spacial score (nSPS) is 10.6. The van der Waals surface area contributed by atoms with Gasteiger partial charge in [0.25, 0.3) is 0 Å². The van der Waals surface area contributed by atoms with Gasteiger partial charge in [-0.1, -0.05) is 41.9 Å².